The van der Waals surface area contributed by atoms with Crippen LogP contribution in [0, 0.1) is 17.8 Å². The summed E-state index contributed by atoms with van der Waals surface area (Å²) in [5.41, 5.74) is 0. The van der Waals surface area contributed by atoms with Crippen LogP contribution in [0.15, 0.2) is 29.2 Å². The van der Waals surface area contributed by atoms with Gasteiger partial charge in [-0.1, -0.05) is 23.7 Å². The van der Waals surface area contributed by atoms with Crippen LogP contribution in [0.1, 0.15) is 12.8 Å². The number of rotatable bonds is 5. The van der Waals surface area contributed by atoms with E-state index < -0.39 is 11.9 Å². The van der Waals surface area contributed by atoms with Gasteiger partial charge in [0.25, 0.3) is 0 Å². The predicted octanol–water partition coefficient (Wildman–Crippen LogP) is 3.00. The second-order valence-corrected chi connectivity index (χ2v) is 7.39. The quantitative estimate of drug-likeness (QED) is 0.838. The number of aliphatic carboxylic acids is 1. The maximum Gasteiger partial charge on any atom is 0.308 e. The third-order valence-electron chi connectivity index (χ3n) is 4.45. The number of halogens is 1. The monoisotopic (exact) mass is 339 g/mol. The van der Waals surface area contributed by atoms with E-state index in [0.717, 1.165) is 17.7 Å². The van der Waals surface area contributed by atoms with E-state index in [1.54, 1.807) is 11.0 Å². The first-order valence-corrected chi connectivity index (χ1v) is 8.80. The number of carboxylic acid groups (broad SMARTS) is 1. The standard InChI is InChI=1S/C16H18ClNO3S/c17-13-3-1-2-4-14(13)22-9-15(19)18-7-11(10-5-6-10)12(8-18)16(20)21/h1-4,10-12H,5-9H2,(H,20,21)/t11-,12+/m1/s1. The second kappa shape index (κ2) is 6.50. The van der Waals surface area contributed by atoms with Crippen LogP contribution in [0.2, 0.25) is 5.02 Å². The highest BCUT2D eigenvalue weighted by Crippen LogP contribution is 2.44. The van der Waals surface area contributed by atoms with Crippen molar-refractivity contribution in [2.45, 2.75) is 17.7 Å². The van der Waals surface area contributed by atoms with Crippen LogP contribution in [-0.4, -0.2) is 40.7 Å². The van der Waals surface area contributed by atoms with Crippen LogP contribution in [0.25, 0.3) is 0 Å². The molecule has 3 rings (SSSR count). The van der Waals surface area contributed by atoms with Crippen molar-refractivity contribution in [3.8, 4) is 0 Å². The van der Waals surface area contributed by atoms with E-state index in [-0.39, 0.29) is 11.8 Å². The van der Waals surface area contributed by atoms with Gasteiger partial charge in [-0.25, -0.2) is 0 Å². The number of benzene rings is 1. The molecule has 1 aromatic rings. The second-order valence-electron chi connectivity index (χ2n) is 5.96. The highest BCUT2D eigenvalue weighted by Gasteiger charge is 2.46. The molecule has 1 amide bonds. The van der Waals surface area contributed by atoms with Crippen molar-refractivity contribution in [2.24, 2.45) is 17.8 Å². The van der Waals surface area contributed by atoms with E-state index in [9.17, 15) is 14.7 Å². The van der Waals surface area contributed by atoms with Crippen LogP contribution in [0.5, 0.6) is 0 Å². The summed E-state index contributed by atoms with van der Waals surface area (Å²) in [5.74, 6) is -0.248. The van der Waals surface area contributed by atoms with Crippen molar-refractivity contribution in [2.75, 3.05) is 18.8 Å². The Bertz CT molecular complexity index is 591. The van der Waals surface area contributed by atoms with Gasteiger partial charge in [-0.2, -0.15) is 0 Å². The predicted molar refractivity (Wildman–Crippen MR) is 86.1 cm³/mol. The zero-order valence-corrected chi connectivity index (χ0v) is 13.6. The summed E-state index contributed by atoms with van der Waals surface area (Å²) < 4.78 is 0. The molecule has 1 saturated carbocycles. The van der Waals surface area contributed by atoms with E-state index in [1.807, 2.05) is 18.2 Å². The van der Waals surface area contributed by atoms with Crippen molar-refractivity contribution in [3.05, 3.63) is 29.3 Å². The molecule has 6 heteroatoms. The van der Waals surface area contributed by atoms with Gasteiger partial charge < -0.3 is 10.0 Å². The molecule has 1 aliphatic heterocycles. The molecule has 0 radical (unpaired) electrons. The van der Waals surface area contributed by atoms with E-state index in [1.165, 1.54) is 11.8 Å². The molecule has 2 aliphatic rings. The number of likely N-dealkylation sites (tertiary alicyclic amines) is 1. The third kappa shape index (κ3) is 3.41. The Kier molecular flexibility index (Phi) is 4.64. The number of hydrogen-bond acceptors (Lipinski definition) is 3. The van der Waals surface area contributed by atoms with E-state index >= 15 is 0 Å². The van der Waals surface area contributed by atoms with Crippen molar-refractivity contribution in [1.82, 2.24) is 4.90 Å². The summed E-state index contributed by atoms with van der Waals surface area (Å²) in [6.07, 6.45) is 2.20. The van der Waals surface area contributed by atoms with Crippen molar-refractivity contribution < 1.29 is 14.7 Å². The van der Waals surface area contributed by atoms with Crippen LogP contribution in [-0.2, 0) is 9.59 Å². The summed E-state index contributed by atoms with van der Waals surface area (Å²) in [4.78, 5) is 26.3. The topological polar surface area (TPSA) is 57.6 Å². The van der Waals surface area contributed by atoms with Crippen LogP contribution >= 0.6 is 23.4 Å². The number of carboxylic acids is 1. The molecule has 1 N–H and O–H groups in total. The lowest BCUT2D eigenvalue weighted by atomic mass is 9.92. The molecule has 0 bridgehead atoms. The van der Waals surface area contributed by atoms with Gasteiger partial charge in [0.2, 0.25) is 5.91 Å². The Balaban J connectivity index is 1.59. The highest BCUT2D eigenvalue weighted by molar-refractivity contribution is 8.00. The first-order chi connectivity index (χ1) is 10.6. The highest BCUT2D eigenvalue weighted by atomic mass is 35.5. The molecule has 1 aromatic carbocycles. The number of hydrogen-bond donors (Lipinski definition) is 1. The minimum Gasteiger partial charge on any atom is -0.481 e. The SMILES string of the molecule is O=C(O)[C@H]1CN(C(=O)CSc2ccccc2Cl)C[C@@H]1C1CC1. The Morgan fingerprint density at radius 3 is 2.64 bits per heavy atom. The lowest BCUT2D eigenvalue weighted by Crippen LogP contribution is -2.31. The number of carbonyl (C=O) groups is 2. The average molecular weight is 340 g/mol. The zero-order valence-electron chi connectivity index (χ0n) is 12.1. The Labute approximate surface area is 138 Å². The van der Waals surface area contributed by atoms with Crippen LogP contribution in [0.3, 0.4) is 0 Å². The van der Waals surface area contributed by atoms with Crippen LogP contribution in [0.4, 0.5) is 0 Å². The maximum absolute atomic E-state index is 12.4. The van der Waals surface area contributed by atoms with Gasteiger partial charge in [0.1, 0.15) is 0 Å². The fourth-order valence-electron chi connectivity index (χ4n) is 3.09. The van der Waals surface area contributed by atoms with Gasteiger partial charge in [0.05, 0.1) is 16.7 Å². The smallest absolute Gasteiger partial charge is 0.308 e. The van der Waals surface area contributed by atoms with E-state index in [2.05, 4.69) is 0 Å². The summed E-state index contributed by atoms with van der Waals surface area (Å²) in [7, 11) is 0. The molecule has 1 heterocycles. The number of amides is 1. The molecule has 1 aliphatic carbocycles. The molecule has 22 heavy (non-hydrogen) atoms. The molecule has 0 unspecified atom stereocenters. The fraction of sp³-hybridized carbons (Fsp3) is 0.500. The van der Waals surface area contributed by atoms with E-state index in [0.29, 0.717) is 29.8 Å². The fourth-order valence-corrected chi connectivity index (χ4v) is 4.23. The van der Waals surface area contributed by atoms with Gasteiger partial charge in [0, 0.05) is 18.0 Å². The Morgan fingerprint density at radius 2 is 2.00 bits per heavy atom. The summed E-state index contributed by atoms with van der Waals surface area (Å²) in [5, 5.41) is 9.98. The van der Waals surface area contributed by atoms with Crippen molar-refractivity contribution in [3.63, 3.8) is 0 Å². The Hall–Kier alpha value is -1.20. The molecule has 0 aromatic heterocycles. The van der Waals surface area contributed by atoms with Gasteiger partial charge in [-0.05, 0) is 36.8 Å². The first kappa shape index (κ1) is 15.7. The minimum absolute atomic E-state index is 0.000630. The lowest BCUT2D eigenvalue weighted by molar-refractivity contribution is -0.142. The van der Waals surface area contributed by atoms with Crippen molar-refractivity contribution >= 4 is 35.2 Å². The molecular weight excluding hydrogens is 322 g/mol. The number of nitrogens with zero attached hydrogens (tertiary/aromatic N) is 1. The van der Waals surface area contributed by atoms with Gasteiger partial charge in [-0.3, -0.25) is 9.59 Å². The molecule has 4 nitrogen and oxygen atoms in total. The molecule has 1 saturated heterocycles. The Morgan fingerprint density at radius 1 is 1.27 bits per heavy atom. The van der Waals surface area contributed by atoms with Crippen molar-refractivity contribution in [1.29, 1.82) is 0 Å². The maximum atomic E-state index is 12.4. The molecule has 2 fully saturated rings. The number of thioether (sulfide) groups is 1. The van der Waals surface area contributed by atoms with E-state index in [4.69, 9.17) is 11.6 Å². The average Bonchev–Trinajstić information content (AvgIpc) is 3.24. The number of carbonyl (C=O) groups excluding carboxylic acids is 1. The molecule has 2 atom stereocenters. The molecule has 0 spiro atoms. The van der Waals surface area contributed by atoms with Crippen LogP contribution < -0.4 is 0 Å². The molecular formula is C16H18ClNO3S. The van der Waals surface area contributed by atoms with Gasteiger partial charge in [0.15, 0.2) is 0 Å². The molecule has 118 valence electrons. The zero-order chi connectivity index (χ0) is 15.7. The largest absolute Gasteiger partial charge is 0.481 e. The summed E-state index contributed by atoms with van der Waals surface area (Å²) in [6, 6.07) is 7.43. The summed E-state index contributed by atoms with van der Waals surface area (Å²) in [6.45, 7) is 0.933. The van der Waals surface area contributed by atoms with Gasteiger partial charge >= 0.3 is 5.97 Å². The lowest BCUT2D eigenvalue weighted by Gasteiger charge is -2.16. The summed E-state index contributed by atoms with van der Waals surface area (Å²) >= 11 is 7.49. The minimum atomic E-state index is -0.772. The normalized spacial score (nSPS) is 24.5. The third-order valence-corrected chi connectivity index (χ3v) is 5.95. The van der Waals surface area contributed by atoms with Gasteiger partial charge in [-0.15, -0.1) is 11.8 Å². The first-order valence-electron chi connectivity index (χ1n) is 7.44.